The van der Waals surface area contributed by atoms with E-state index >= 15 is 0 Å². The van der Waals surface area contributed by atoms with Crippen LogP contribution in [0.5, 0.6) is 0 Å². The maximum atomic E-state index is 12.9. The summed E-state index contributed by atoms with van der Waals surface area (Å²) in [4.78, 5) is 37.7. The third-order valence-corrected chi connectivity index (χ3v) is 10.4. The number of benzene rings is 3. The molecule has 2 aliphatic heterocycles. The second kappa shape index (κ2) is 13.9. The second-order valence-electron chi connectivity index (χ2n) is 13.6. The number of carbonyl (C=O) groups excluding carboxylic acids is 2. The molecule has 3 heterocycles. The first kappa shape index (κ1) is 33.4. The number of nitrogens with zero attached hydrogens (tertiary/aromatic N) is 3. The number of nitrogens with one attached hydrogen (secondary N) is 2. The zero-order chi connectivity index (χ0) is 33.9. The molecule has 0 spiro atoms. The first-order chi connectivity index (χ1) is 22.9. The number of imidazole rings is 1. The number of hydrogen-bond acceptors (Lipinski definition) is 7. The molecule has 2 N–H and O–H groups in total. The van der Waals surface area contributed by atoms with Crippen molar-refractivity contribution in [2.24, 2.45) is 0 Å². The van der Waals surface area contributed by atoms with Crippen molar-refractivity contribution in [2.45, 2.75) is 51.7 Å². The van der Waals surface area contributed by atoms with Crippen LogP contribution >= 0.6 is 0 Å². The number of anilines is 1. The maximum Gasteiger partial charge on any atom is 0.410 e. The third-order valence-electron chi connectivity index (χ3n) is 8.83. The second-order valence-corrected chi connectivity index (χ2v) is 15.9. The Balaban J connectivity index is 1.02. The van der Waals surface area contributed by atoms with Gasteiger partial charge in [-0.1, -0.05) is 48.5 Å². The fraction of sp³-hybridized carbons (Fsp3) is 0.378. The van der Waals surface area contributed by atoms with Gasteiger partial charge in [0.15, 0.2) is 9.84 Å². The molecule has 3 aromatic carbocycles. The molecule has 11 heteroatoms. The van der Waals surface area contributed by atoms with E-state index in [1.807, 2.05) is 99.8 Å². The lowest BCUT2D eigenvalue weighted by molar-refractivity contribution is 0.0218. The van der Waals surface area contributed by atoms with Gasteiger partial charge in [-0.15, -0.1) is 0 Å². The van der Waals surface area contributed by atoms with Gasteiger partial charge in [0.2, 0.25) is 0 Å². The molecule has 2 amide bonds. The van der Waals surface area contributed by atoms with Gasteiger partial charge in [0.25, 0.3) is 5.91 Å². The minimum absolute atomic E-state index is 0.135. The zero-order valence-electron chi connectivity index (χ0n) is 27.7. The van der Waals surface area contributed by atoms with Gasteiger partial charge in [0.1, 0.15) is 11.4 Å². The predicted octanol–water partition coefficient (Wildman–Crippen LogP) is 6.34. The summed E-state index contributed by atoms with van der Waals surface area (Å²) in [5, 5.41) is 2.97. The van der Waals surface area contributed by atoms with Crippen molar-refractivity contribution in [3.8, 4) is 22.4 Å². The molecule has 0 saturated carbocycles. The highest BCUT2D eigenvalue weighted by atomic mass is 32.2. The zero-order valence-corrected chi connectivity index (χ0v) is 28.6. The highest BCUT2D eigenvalue weighted by Crippen LogP contribution is 2.33. The van der Waals surface area contributed by atoms with Crippen LogP contribution in [-0.4, -0.2) is 83.5 Å². The molecule has 6 rings (SSSR count). The van der Waals surface area contributed by atoms with Crippen molar-refractivity contribution in [1.82, 2.24) is 19.8 Å². The summed E-state index contributed by atoms with van der Waals surface area (Å²) >= 11 is 0. The molecular weight excluding hydrogens is 627 g/mol. The van der Waals surface area contributed by atoms with Crippen molar-refractivity contribution in [2.75, 3.05) is 43.0 Å². The van der Waals surface area contributed by atoms with Gasteiger partial charge in [-0.25, -0.2) is 18.2 Å². The Morgan fingerprint density at radius 3 is 2.17 bits per heavy atom. The van der Waals surface area contributed by atoms with Crippen LogP contribution in [0.2, 0.25) is 0 Å². The predicted molar refractivity (Wildman–Crippen MR) is 188 cm³/mol. The van der Waals surface area contributed by atoms with E-state index in [9.17, 15) is 18.0 Å². The summed E-state index contributed by atoms with van der Waals surface area (Å²) in [6.07, 6.45) is 4.06. The summed E-state index contributed by atoms with van der Waals surface area (Å²) in [5.41, 5.74) is 5.78. The van der Waals surface area contributed by atoms with E-state index in [1.54, 1.807) is 4.90 Å². The first-order valence-electron chi connectivity index (χ1n) is 16.5. The summed E-state index contributed by atoms with van der Waals surface area (Å²) in [5.74, 6) is 1.05. The van der Waals surface area contributed by atoms with Crippen LogP contribution in [0.3, 0.4) is 0 Å². The van der Waals surface area contributed by atoms with E-state index in [2.05, 4.69) is 20.2 Å². The maximum absolute atomic E-state index is 12.9. The van der Waals surface area contributed by atoms with Gasteiger partial charge < -0.3 is 19.9 Å². The molecule has 252 valence electrons. The van der Waals surface area contributed by atoms with Crippen LogP contribution in [0.1, 0.15) is 61.4 Å². The molecule has 48 heavy (non-hydrogen) atoms. The van der Waals surface area contributed by atoms with E-state index in [0.717, 1.165) is 65.3 Å². The van der Waals surface area contributed by atoms with Crippen molar-refractivity contribution >= 4 is 27.5 Å². The van der Waals surface area contributed by atoms with Crippen LogP contribution in [0.25, 0.3) is 22.4 Å². The first-order valence-corrected chi connectivity index (χ1v) is 18.3. The summed E-state index contributed by atoms with van der Waals surface area (Å²) in [6.45, 7) is 8.26. The third kappa shape index (κ3) is 8.32. The Morgan fingerprint density at radius 1 is 0.896 bits per heavy atom. The van der Waals surface area contributed by atoms with E-state index in [4.69, 9.17) is 4.74 Å². The Kier molecular flexibility index (Phi) is 9.70. The van der Waals surface area contributed by atoms with Gasteiger partial charge in [-0.05, 0) is 86.6 Å². The lowest BCUT2D eigenvalue weighted by atomic mass is 10.0. The number of sulfone groups is 1. The number of hydrogen-bond donors (Lipinski definition) is 2. The van der Waals surface area contributed by atoms with E-state index in [0.29, 0.717) is 25.2 Å². The molecule has 4 aromatic rings. The average molecular weight is 670 g/mol. The lowest BCUT2D eigenvalue weighted by Gasteiger charge is -2.27. The number of likely N-dealkylation sites (tertiary alicyclic amines) is 1. The summed E-state index contributed by atoms with van der Waals surface area (Å²) in [7, 11) is -2.87. The minimum atomic E-state index is -2.87. The van der Waals surface area contributed by atoms with Crippen LogP contribution in [0.15, 0.2) is 79.0 Å². The number of carbonyl (C=O) groups is 2. The molecule has 10 nitrogen and oxygen atoms in total. The number of H-pyrrole nitrogens is 1. The van der Waals surface area contributed by atoms with Gasteiger partial charge in [0, 0.05) is 37.4 Å². The lowest BCUT2D eigenvalue weighted by Crippen LogP contribution is -2.41. The number of aromatic nitrogens is 2. The Morgan fingerprint density at radius 2 is 1.52 bits per heavy atom. The SMILES string of the molecule is CC(C)(C)OC(=O)N1CCC[C@H]1c1ncc(-c2ccc(-c3ccc(C(=O)Nc4ccc(CCN5CCS(=O)(=O)CC5)cc4)cc3)cc2)[nH]1. The molecule has 2 aliphatic rings. The van der Waals surface area contributed by atoms with Crippen molar-refractivity contribution < 1.29 is 22.7 Å². The largest absolute Gasteiger partial charge is 0.444 e. The summed E-state index contributed by atoms with van der Waals surface area (Å²) < 4.78 is 28.9. The number of amides is 2. The standard InChI is InChI=1S/C37H43N5O5S/c1-37(2,3)47-36(44)42-19-4-5-33(42)34-38-25-32(40-34)29-12-8-27(9-13-29)28-10-14-30(15-11-28)35(43)39-31-16-6-26(7-17-31)18-20-41-21-23-48(45,46)24-22-41/h6-17,25,33H,4-5,18-24H2,1-3H3,(H,38,40)(H,39,43)/t33-/m0/s1. The Bertz CT molecular complexity index is 1830. The Hall–Kier alpha value is -4.48. The van der Waals surface area contributed by atoms with Crippen LogP contribution in [0.4, 0.5) is 10.5 Å². The molecular formula is C37H43N5O5S. The van der Waals surface area contributed by atoms with Gasteiger partial charge in [0.05, 0.1) is 29.4 Å². The normalized spacial score (nSPS) is 18.1. The molecule has 2 saturated heterocycles. The van der Waals surface area contributed by atoms with Crippen molar-refractivity contribution in [1.29, 1.82) is 0 Å². The highest BCUT2D eigenvalue weighted by molar-refractivity contribution is 7.91. The van der Waals surface area contributed by atoms with E-state index in [-0.39, 0.29) is 29.5 Å². The molecule has 2 fully saturated rings. The molecule has 1 aromatic heterocycles. The molecule has 0 aliphatic carbocycles. The number of rotatable bonds is 8. The van der Waals surface area contributed by atoms with Crippen LogP contribution in [-0.2, 0) is 21.0 Å². The Labute approximate surface area is 282 Å². The summed E-state index contributed by atoms with van der Waals surface area (Å²) in [6, 6.07) is 23.4. The number of ether oxygens (including phenoxy) is 1. The van der Waals surface area contributed by atoms with Crippen LogP contribution in [0, 0.1) is 0 Å². The molecule has 0 bridgehead atoms. The molecule has 0 radical (unpaired) electrons. The van der Waals surface area contributed by atoms with Crippen LogP contribution < -0.4 is 5.32 Å². The topological polar surface area (TPSA) is 125 Å². The average Bonchev–Trinajstić information content (AvgIpc) is 3.75. The molecule has 1 atom stereocenters. The van der Waals surface area contributed by atoms with Gasteiger partial charge >= 0.3 is 6.09 Å². The fourth-order valence-corrected chi connectivity index (χ4v) is 7.39. The van der Waals surface area contributed by atoms with Crippen molar-refractivity contribution in [3.63, 3.8) is 0 Å². The van der Waals surface area contributed by atoms with E-state index in [1.165, 1.54) is 0 Å². The molecule has 0 unspecified atom stereocenters. The monoisotopic (exact) mass is 669 g/mol. The van der Waals surface area contributed by atoms with E-state index < -0.39 is 15.4 Å². The van der Waals surface area contributed by atoms with Gasteiger partial charge in [-0.3, -0.25) is 9.69 Å². The minimum Gasteiger partial charge on any atom is -0.444 e. The van der Waals surface area contributed by atoms with Gasteiger partial charge in [-0.2, -0.15) is 0 Å². The smallest absolute Gasteiger partial charge is 0.410 e. The highest BCUT2D eigenvalue weighted by Gasteiger charge is 2.34. The number of aromatic amines is 1. The fourth-order valence-electron chi connectivity index (χ4n) is 6.12. The quantitative estimate of drug-likeness (QED) is 0.224. The van der Waals surface area contributed by atoms with Crippen molar-refractivity contribution in [3.05, 3.63) is 95.9 Å².